The van der Waals surface area contributed by atoms with Crippen molar-refractivity contribution in [1.82, 2.24) is 10.2 Å². The van der Waals surface area contributed by atoms with Crippen molar-refractivity contribution in [1.29, 1.82) is 0 Å². The number of benzene rings is 1. The number of thiophene rings is 1. The fraction of sp³-hybridized carbons (Fsp3) is 0.429. The number of carbonyl (C=O) groups excluding carboxylic acids is 2. The molecular formula is C21H26N2O3S. The van der Waals surface area contributed by atoms with Gasteiger partial charge in [0.1, 0.15) is 12.4 Å². The monoisotopic (exact) mass is 386 g/mol. The summed E-state index contributed by atoms with van der Waals surface area (Å²) in [7, 11) is 0. The van der Waals surface area contributed by atoms with E-state index >= 15 is 0 Å². The van der Waals surface area contributed by atoms with Crippen LogP contribution in [0.25, 0.3) is 10.1 Å². The molecule has 1 N–H and O–H groups in total. The van der Waals surface area contributed by atoms with Crippen molar-refractivity contribution in [2.24, 2.45) is 5.92 Å². The fourth-order valence-corrected chi connectivity index (χ4v) is 4.20. The average molecular weight is 387 g/mol. The van der Waals surface area contributed by atoms with Gasteiger partial charge in [-0.1, -0.05) is 12.7 Å². The van der Waals surface area contributed by atoms with Crippen LogP contribution in [-0.2, 0) is 4.79 Å². The summed E-state index contributed by atoms with van der Waals surface area (Å²) in [6.45, 7) is 9.20. The van der Waals surface area contributed by atoms with E-state index in [-0.39, 0.29) is 23.8 Å². The Balaban J connectivity index is 1.71. The number of carbonyl (C=O) groups is 2. The standard InChI is InChI=1S/C21H26N2O3S/c1-4-10-26-18-12-16(13-19-17(18)7-11-27-19)21(25)23-8-5-15(6-9-23)20(24)22-14(2)3/h4,7,11-15H,1,5-6,8-10H2,2-3H3,(H,22,24). The normalized spacial score (nSPS) is 15.1. The van der Waals surface area contributed by atoms with E-state index < -0.39 is 0 Å². The third-order valence-electron chi connectivity index (χ3n) is 4.72. The number of ether oxygens (including phenoxy) is 1. The molecule has 0 bridgehead atoms. The molecule has 5 nitrogen and oxygen atoms in total. The van der Waals surface area contributed by atoms with Crippen molar-refractivity contribution >= 4 is 33.2 Å². The Hall–Kier alpha value is -2.34. The van der Waals surface area contributed by atoms with Crippen LogP contribution in [0.5, 0.6) is 5.75 Å². The molecule has 144 valence electrons. The van der Waals surface area contributed by atoms with Gasteiger partial charge in [0.05, 0.1) is 0 Å². The van der Waals surface area contributed by atoms with Crippen LogP contribution in [0.4, 0.5) is 0 Å². The van der Waals surface area contributed by atoms with Crippen LogP contribution in [0.1, 0.15) is 37.0 Å². The van der Waals surface area contributed by atoms with Crippen molar-refractivity contribution in [2.45, 2.75) is 32.7 Å². The Morgan fingerprint density at radius 3 is 2.78 bits per heavy atom. The van der Waals surface area contributed by atoms with Gasteiger partial charge in [-0.25, -0.2) is 0 Å². The predicted octanol–water partition coefficient (Wildman–Crippen LogP) is 3.84. The molecule has 0 spiro atoms. The molecule has 1 aromatic heterocycles. The quantitative estimate of drug-likeness (QED) is 0.768. The van der Waals surface area contributed by atoms with Crippen LogP contribution < -0.4 is 10.1 Å². The Morgan fingerprint density at radius 1 is 1.37 bits per heavy atom. The van der Waals surface area contributed by atoms with Gasteiger partial charge in [-0.2, -0.15) is 0 Å². The van der Waals surface area contributed by atoms with Crippen molar-refractivity contribution in [3.05, 3.63) is 41.8 Å². The zero-order valence-corrected chi connectivity index (χ0v) is 16.7. The number of piperidine rings is 1. The van der Waals surface area contributed by atoms with E-state index in [1.807, 2.05) is 42.3 Å². The largest absolute Gasteiger partial charge is 0.489 e. The molecule has 2 aromatic rings. The maximum atomic E-state index is 13.0. The Kier molecular flexibility index (Phi) is 6.16. The molecule has 0 saturated carbocycles. The first-order valence-electron chi connectivity index (χ1n) is 9.34. The SMILES string of the molecule is C=CCOc1cc(C(=O)N2CCC(C(=O)NC(C)C)CC2)cc2sccc12. The van der Waals surface area contributed by atoms with E-state index in [9.17, 15) is 9.59 Å². The first-order valence-corrected chi connectivity index (χ1v) is 10.2. The van der Waals surface area contributed by atoms with Gasteiger partial charge in [0.15, 0.2) is 0 Å². The summed E-state index contributed by atoms with van der Waals surface area (Å²) in [5.74, 6) is 0.791. The molecule has 0 radical (unpaired) electrons. The van der Waals surface area contributed by atoms with Crippen molar-refractivity contribution in [3.63, 3.8) is 0 Å². The van der Waals surface area contributed by atoms with Crippen LogP contribution in [0.2, 0.25) is 0 Å². The molecule has 0 aliphatic carbocycles. The first-order chi connectivity index (χ1) is 13.0. The molecule has 2 heterocycles. The lowest BCUT2D eigenvalue weighted by atomic mass is 9.95. The van der Waals surface area contributed by atoms with Crippen molar-refractivity contribution in [3.8, 4) is 5.75 Å². The van der Waals surface area contributed by atoms with Crippen molar-refractivity contribution in [2.75, 3.05) is 19.7 Å². The minimum Gasteiger partial charge on any atom is -0.489 e. The summed E-state index contributed by atoms with van der Waals surface area (Å²) in [5.41, 5.74) is 0.633. The third-order valence-corrected chi connectivity index (χ3v) is 5.59. The number of hydrogen-bond donors (Lipinski definition) is 1. The fourth-order valence-electron chi connectivity index (χ4n) is 3.36. The number of hydrogen-bond acceptors (Lipinski definition) is 4. The molecule has 0 atom stereocenters. The molecule has 0 unspecified atom stereocenters. The van der Waals surface area contributed by atoms with E-state index in [4.69, 9.17) is 4.74 Å². The maximum Gasteiger partial charge on any atom is 0.254 e. The minimum atomic E-state index is -0.0114. The Bertz CT molecular complexity index is 835. The first kappa shape index (κ1) is 19.4. The number of amides is 2. The molecule has 1 fully saturated rings. The molecule has 3 rings (SSSR count). The molecule has 1 saturated heterocycles. The van der Waals surface area contributed by atoms with E-state index in [1.165, 1.54) is 0 Å². The third kappa shape index (κ3) is 4.50. The predicted molar refractivity (Wildman–Crippen MR) is 109 cm³/mol. The van der Waals surface area contributed by atoms with Gasteiger partial charge >= 0.3 is 0 Å². The van der Waals surface area contributed by atoms with Gasteiger partial charge in [-0.3, -0.25) is 9.59 Å². The lowest BCUT2D eigenvalue weighted by Crippen LogP contribution is -2.44. The number of nitrogens with one attached hydrogen (secondary N) is 1. The molecule has 6 heteroatoms. The highest BCUT2D eigenvalue weighted by Gasteiger charge is 2.28. The minimum absolute atomic E-state index is 0.00327. The van der Waals surface area contributed by atoms with E-state index in [1.54, 1.807) is 17.4 Å². The molecule has 2 amide bonds. The number of nitrogens with zero attached hydrogens (tertiary/aromatic N) is 1. The van der Waals surface area contributed by atoms with Gasteiger partial charge in [-0.05, 0) is 50.3 Å². The summed E-state index contributed by atoms with van der Waals surface area (Å²) in [4.78, 5) is 27.0. The number of fused-ring (bicyclic) bond motifs is 1. The molecular weight excluding hydrogens is 360 g/mol. The topological polar surface area (TPSA) is 58.6 Å². The zero-order chi connectivity index (χ0) is 19.4. The van der Waals surface area contributed by atoms with Crippen LogP contribution in [-0.4, -0.2) is 42.5 Å². The second-order valence-corrected chi connectivity index (χ2v) is 8.08. The summed E-state index contributed by atoms with van der Waals surface area (Å²) < 4.78 is 6.79. The van der Waals surface area contributed by atoms with E-state index in [0.29, 0.717) is 43.9 Å². The number of rotatable bonds is 6. The Morgan fingerprint density at radius 2 is 2.11 bits per heavy atom. The van der Waals surface area contributed by atoms with Crippen LogP contribution in [0, 0.1) is 5.92 Å². The highest BCUT2D eigenvalue weighted by molar-refractivity contribution is 7.17. The van der Waals surface area contributed by atoms with Gasteiger partial charge in [-0.15, -0.1) is 11.3 Å². The molecule has 1 aromatic carbocycles. The smallest absolute Gasteiger partial charge is 0.254 e. The molecule has 27 heavy (non-hydrogen) atoms. The van der Waals surface area contributed by atoms with E-state index in [0.717, 1.165) is 10.1 Å². The van der Waals surface area contributed by atoms with E-state index in [2.05, 4.69) is 11.9 Å². The van der Waals surface area contributed by atoms with Gasteiger partial charge in [0.2, 0.25) is 5.91 Å². The lowest BCUT2D eigenvalue weighted by molar-refractivity contribution is -0.126. The Labute approximate surface area is 164 Å². The summed E-state index contributed by atoms with van der Waals surface area (Å²) >= 11 is 1.59. The summed E-state index contributed by atoms with van der Waals surface area (Å²) in [6, 6.07) is 5.90. The summed E-state index contributed by atoms with van der Waals surface area (Å²) in [5, 5.41) is 5.98. The second kappa shape index (κ2) is 8.57. The highest BCUT2D eigenvalue weighted by Crippen LogP contribution is 2.32. The van der Waals surface area contributed by atoms with Gasteiger partial charge in [0, 0.05) is 40.7 Å². The molecule has 1 aliphatic rings. The number of likely N-dealkylation sites (tertiary alicyclic amines) is 1. The molecule has 1 aliphatic heterocycles. The van der Waals surface area contributed by atoms with Crippen LogP contribution >= 0.6 is 11.3 Å². The summed E-state index contributed by atoms with van der Waals surface area (Å²) in [6.07, 6.45) is 3.09. The average Bonchev–Trinajstić information content (AvgIpc) is 3.13. The van der Waals surface area contributed by atoms with Crippen LogP contribution in [0.15, 0.2) is 36.2 Å². The van der Waals surface area contributed by atoms with Crippen molar-refractivity contribution < 1.29 is 14.3 Å². The zero-order valence-electron chi connectivity index (χ0n) is 15.9. The highest BCUT2D eigenvalue weighted by atomic mass is 32.1. The van der Waals surface area contributed by atoms with Crippen LogP contribution in [0.3, 0.4) is 0 Å². The second-order valence-electron chi connectivity index (χ2n) is 7.14. The van der Waals surface area contributed by atoms with Gasteiger partial charge in [0.25, 0.3) is 5.91 Å². The lowest BCUT2D eigenvalue weighted by Gasteiger charge is -2.32. The van der Waals surface area contributed by atoms with Gasteiger partial charge < -0.3 is 15.0 Å². The maximum absolute atomic E-state index is 13.0.